The average Bonchev–Trinajstić information content (AvgIpc) is 2.34. The van der Waals surface area contributed by atoms with Gasteiger partial charge in [0.05, 0.1) is 4.47 Å². The summed E-state index contributed by atoms with van der Waals surface area (Å²) < 4.78 is 6.68. The lowest BCUT2D eigenvalue weighted by atomic mass is 10.1. The van der Waals surface area contributed by atoms with Gasteiger partial charge in [0.25, 0.3) is 0 Å². The molecule has 2 N–H and O–H groups in total. The third-order valence-corrected chi connectivity index (χ3v) is 3.44. The van der Waals surface area contributed by atoms with Crippen LogP contribution in [-0.2, 0) is 6.54 Å². The van der Waals surface area contributed by atoms with E-state index in [1.54, 1.807) is 12.1 Å². The molecule has 0 aromatic heterocycles. The fourth-order valence-electron chi connectivity index (χ4n) is 1.63. The summed E-state index contributed by atoms with van der Waals surface area (Å²) in [6.07, 6.45) is 0. The second-order valence-electron chi connectivity index (χ2n) is 3.98. The first-order chi connectivity index (χ1) is 8.60. The zero-order chi connectivity index (χ0) is 13.1. The van der Waals surface area contributed by atoms with E-state index in [1.165, 1.54) is 0 Å². The number of ether oxygens (including phenoxy) is 1. The molecule has 0 fully saturated rings. The smallest absolute Gasteiger partial charge is 0.141 e. The van der Waals surface area contributed by atoms with Crippen molar-refractivity contribution in [2.75, 3.05) is 0 Å². The molecule has 0 aliphatic heterocycles. The molecule has 0 bridgehead atoms. The van der Waals surface area contributed by atoms with E-state index in [-0.39, 0.29) is 0 Å². The molecule has 4 heteroatoms. The van der Waals surface area contributed by atoms with E-state index < -0.39 is 0 Å². The lowest BCUT2D eigenvalue weighted by molar-refractivity contribution is 0.475. The van der Waals surface area contributed by atoms with Crippen molar-refractivity contribution in [2.45, 2.75) is 13.5 Å². The Labute approximate surface area is 120 Å². The van der Waals surface area contributed by atoms with E-state index >= 15 is 0 Å². The van der Waals surface area contributed by atoms with Gasteiger partial charge in [-0.05, 0) is 58.2 Å². The maximum absolute atomic E-state index is 5.89. The molecule has 2 rings (SSSR count). The van der Waals surface area contributed by atoms with E-state index in [4.69, 9.17) is 22.1 Å². The summed E-state index contributed by atoms with van der Waals surface area (Å²) in [7, 11) is 0. The topological polar surface area (TPSA) is 35.2 Å². The Morgan fingerprint density at radius 2 is 1.89 bits per heavy atom. The van der Waals surface area contributed by atoms with Crippen molar-refractivity contribution in [2.24, 2.45) is 5.73 Å². The predicted octanol–water partition coefficient (Wildman–Crippen LogP) is 4.66. The fraction of sp³-hybridized carbons (Fsp3) is 0.143. The molecule has 0 aliphatic rings. The van der Waals surface area contributed by atoms with Crippen LogP contribution in [0, 0.1) is 6.92 Å². The highest BCUT2D eigenvalue weighted by Crippen LogP contribution is 2.33. The molecule has 0 saturated carbocycles. The van der Waals surface area contributed by atoms with Crippen molar-refractivity contribution in [3.63, 3.8) is 0 Å². The minimum absolute atomic E-state index is 0.533. The Bertz CT molecular complexity index is 572. The Morgan fingerprint density at radius 1 is 1.17 bits per heavy atom. The first kappa shape index (κ1) is 13.4. The Balaban J connectivity index is 2.28. The Hall–Kier alpha value is -1.03. The van der Waals surface area contributed by atoms with E-state index in [2.05, 4.69) is 15.9 Å². The molecule has 18 heavy (non-hydrogen) atoms. The van der Waals surface area contributed by atoms with Crippen molar-refractivity contribution in [1.82, 2.24) is 0 Å². The summed E-state index contributed by atoms with van der Waals surface area (Å²) in [6.45, 7) is 2.53. The molecule has 94 valence electrons. The number of benzene rings is 2. The molecule has 0 amide bonds. The summed E-state index contributed by atoms with van der Waals surface area (Å²) in [5.41, 5.74) is 7.75. The van der Waals surface area contributed by atoms with Gasteiger partial charge in [0, 0.05) is 11.6 Å². The largest absolute Gasteiger partial charge is 0.456 e. The highest BCUT2D eigenvalue weighted by atomic mass is 79.9. The van der Waals surface area contributed by atoms with Gasteiger partial charge in [-0.15, -0.1) is 0 Å². The van der Waals surface area contributed by atoms with Crippen molar-refractivity contribution in [1.29, 1.82) is 0 Å². The summed E-state index contributed by atoms with van der Waals surface area (Å²) >= 11 is 9.32. The minimum atomic E-state index is 0.533. The minimum Gasteiger partial charge on any atom is -0.456 e. The van der Waals surface area contributed by atoms with Gasteiger partial charge in [-0.2, -0.15) is 0 Å². The van der Waals surface area contributed by atoms with Gasteiger partial charge in [0.1, 0.15) is 11.5 Å². The molecular formula is C14H13BrClNO. The molecule has 2 aromatic rings. The third kappa shape index (κ3) is 3.05. The maximum atomic E-state index is 5.89. The van der Waals surface area contributed by atoms with E-state index in [1.807, 2.05) is 31.2 Å². The number of nitrogens with two attached hydrogens (primary N) is 1. The maximum Gasteiger partial charge on any atom is 0.141 e. The normalized spacial score (nSPS) is 10.4. The molecule has 0 heterocycles. The van der Waals surface area contributed by atoms with Crippen molar-refractivity contribution in [3.05, 3.63) is 57.0 Å². The number of hydrogen-bond acceptors (Lipinski definition) is 2. The molecular weight excluding hydrogens is 314 g/mol. The van der Waals surface area contributed by atoms with Gasteiger partial charge < -0.3 is 10.5 Å². The van der Waals surface area contributed by atoms with Crippen LogP contribution in [0.1, 0.15) is 11.1 Å². The van der Waals surface area contributed by atoms with E-state index in [0.29, 0.717) is 11.6 Å². The molecule has 0 spiro atoms. The van der Waals surface area contributed by atoms with Gasteiger partial charge in [-0.25, -0.2) is 0 Å². The zero-order valence-electron chi connectivity index (χ0n) is 9.91. The van der Waals surface area contributed by atoms with Gasteiger partial charge in [-0.3, -0.25) is 0 Å². The van der Waals surface area contributed by atoms with Crippen LogP contribution < -0.4 is 10.5 Å². The Morgan fingerprint density at radius 3 is 2.50 bits per heavy atom. The first-order valence-corrected chi connectivity index (χ1v) is 6.70. The molecule has 0 radical (unpaired) electrons. The SMILES string of the molecule is Cc1cc(CN)ccc1Oc1ccc(Cl)cc1Br. The number of halogens is 2. The molecule has 0 atom stereocenters. The third-order valence-electron chi connectivity index (χ3n) is 2.59. The molecule has 2 aromatic carbocycles. The Kier molecular flexibility index (Phi) is 4.27. The molecule has 2 nitrogen and oxygen atoms in total. The molecule has 0 unspecified atom stereocenters. The number of aryl methyl sites for hydroxylation is 1. The van der Waals surface area contributed by atoms with Gasteiger partial charge in [0.15, 0.2) is 0 Å². The monoisotopic (exact) mass is 325 g/mol. The van der Waals surface area contributed by atoms with Gasteiger partial charge in [0.2, 0.25) is 0 Å². The van der Waals surface area contributed by atoms with Crippen molar-refractivity contribution in [3.8, 4) is 11.5 Å². The van der Waals surface area contributed by atoms with Crippen LogP contribution in [-0.4, -0.2) is 0 Å². The van der Waals surface area contributed by atoms with E-state index in [9.17, 15) is 0 Å². The second-order valence-corrected chi connectivity index (χ2v) is 5.27. The second kappa shape index (κ2) is 5.74. The first-order valence-electron chi connectivity index (χ1n) is 5.52. The summed E-state index contributed by atoms with van der Waals surface area (Å²) in [4.78, 5) is 0. The zero-order valence-corrected chi connectivity index (χ0v) is 12.3. The predicted molar refractivity (Wildman–Crippen MR) is 78.3 cm³/mol. The summed E-state index contributed by atoms with van der Waals surface area (Å²) in [6, 6.07) is 11.4. The number of rotatable bonds is 3. The van der Waals surface area contributed by atoms with Crippen LogP contribution in [0.15, 0.2) is 40.9 Å². The van der Waals surface area contributed by atoms with Crippen LogP contribution in [0.3, 0.4) is 0 Å². The highest BCUT2D eigenvalue weighted by molar-refractivity contribution is 9.10. The summed E-state index contributed by atoms with van der Waals surface area (Å²) in [5, 5.41) is 0.671. The van der Waals surface area contributed by atoms with Crippen molar-refractivity contribution >= 4 is 27.5 Å². The molecule has 0 saturated heterocycles. The van der Waals surface area contributed by atoms with Crippen LogP contribution in [0.2, 0.25) is 5.02 Å². The fourth-order valence-corrected chi connectivity index (χ4v) is 2.39. The summed E-state index contributed by atoms with van der Waals surface area (Å²) in [5.74, 6) is 1.55. The average molecular weight is 327 g/mol. The standard InChI is InChI=1S/C14H13BrClNO/c1-9-6-10(8-17)2-4-13(9)18-14-5-3-11(16)7-12(14)15/h2-7H,8,17H2,1H3. The lowest BCUT2D eigenvalue weighted by Gasteiger charge is -2.11. The van der Waals surface area contributed by atoms with Gasteiger partial charge >= 0.3 is 0 Å². The van der Waals surface area contributed by atoms with E-state index in [0.717, 1.165) is 27.1 Å². The van der Waals surface area contributed by atoms with Crippen LogP contribution in [0.4, 0.5) is 0 Å². The van der Waals surface area contributed by atoms with Crippen LogP contribution in [0.5, 0.6) is 11.5 Å². The highest BCUT2D eigenvalue weighted by Gasteiger charge is 2.06. The van der Waals surface area contributed by atoms with Crippen LogP contribution in [0.25, 0.3) is 0 Å². The van der Waals surface area contributed by atoms with Gasteiger partial charge in [-0.1, -0.05) is 23.7 Å². The quantitative estimate of drug-likeness (QED) is 0.890. The van der Waals surface area contributed by atoms with Crippen LogP contribution >= 0.6 is 27.5 Å². The lowest BCUT2D eigenvalue weighted by Crippen LogP contribution is -1.97. The van der Waals surface area contributed by atoms with Crippen molar-refractivity contribution < 1.29 is 4.74 Å². The number of hydrogen-bond donors (Lipinski definition) is 1. The molecule has 0 aliphatic carbocycles.